The largest absolute Gasteiger partial charge is 0.376 e. The number of unbranched alkanes of at least 4 members (excludes halogenated alkanes) is 1. The number of nitriles is 1. The molecule has 4 nitrogen and oxygen atoms in total. The van der Waals surface area contributed by atoms with Gasteiger partial charge in [0.05, 0.1) is 18.8 Å². The molecule has 116 valence electrons. The zero-order valence-corrected chi connectivity index (χ0v) is 13.6. The van der Waals surface area contributed by atoms with Gasteiger partial charge >= 0.3 is 0 Å². The van der Waals surface area contributed by atoms with E-state index >= 15 is 0 Å². The molecule has 4 heteroatoms. The molecule has 0 aromatic rings. The molecule has 1 saturated heterocycles. The van der Waals surface area contributed by atoms with Crippen LogP contribution in [0.2, 0.25) is 0 Å². The van der Waals surface area contributed by atoms with Crippen molar-refractivity contribution in [3.63, 3.8) is 0 Å². The molecular weight excluding hydrogens is 250 g/mol. The summed E-state index contributed by atoms with van der Waals surface area (Å²) in [7, 11) is 0. The van der Waals surface area contributed by atoms with Crippen LogP contribution in [-0.4, -0.2) is 48.8 Å². The highest BCUT2D eigenvalue weighted by atomic mass is 16.5. The van der Waals surface area contributed by atoms with Gasteiger partial charge in [-0.25, -0.2) is 0 Å². The SMILES string of the molecule is CCC1CN(CCCCC(C)(C#N)NC(C)C)CCO1. The van der Waals surface area contributed by atoms with E-state index in [4.69, 9.17) is 4.74 Å². The minimum absolute atomic E-state index is 0.351. The normalized spacial score (nSPS) is 23.5. The van der Waals surface area contributed by atoms with Crippen molar-refractivity contribution in [3.05, 3.63) is 0 Å². The highest BCUT2D eigenvalue weighted by Crippen LogP contribution is 2.15. The maximum atomic E-state index is 9.31. The van der Waals surface area contributed by atoms with Crippen molar-refractivity contribution in [3.8, 4) is 6.07 Å². The van der Waals surface area contributed by atoms with Crippen molar-refractivity contribution >= 4 is 0 Å². The number of nitrogens with one attached hydrogen (secondary N) is 1. The lowest BCUT2D eigenvalue weighted by molar-refractivity contribution is -0.0300. The summed E-state index contributed by atoms with van der Waals surface area (Å²) in [6.07, 6.45) is 4.69. The Kier molecular flexibility index (Phi) is 7.50. The zero-order chi connectivity index (χ0) is 15.0. The highest BCUT2D eigenvalue weighted by Gasteiger charge is 2.24. The van der Waals surface area contributed by atoms with Crippen molar-refractivity contribution in [1.29, 1.82) is 5.26 Å². The van der Waals surface area contributed by atoms with E-state index in [1.165, 1.54) is 0 Å². The summed E-state index contributed by atoms with van der Waals surface area (Å²) in [5.74, 6) is 0. The predicted molar refractivity (Wildman–Crippen MR) is 82.6 cm³/mol. The standard InChI is InChI=1S/C16H31N3O/c1-5-15-12-19(10-11-20-15)9-7-6-8-16(4,13-17)18-14(2)3/h14-15,18H,5-12H2,1-4H3. The van der Waals surface area contributed by atoms with Crippen LogP contribution in [0.1, 0.15) is 53.4 Å². The van der Waals surface area contributed by atoms with Crippen LogP contribution in [-0.2, 0) is 4.74 Å². The summed E-state index contributed by atoms with van der Waals surface area (Å²) >= 11 is 0. The number of ether oxygens (including phenoxy) is 1. The summed E-state index contributed by atoms with van der Waals surface area (Å²) in [5.41, 5.74) is -0.384. The van der Waals surface area contributed by atoms with Gasteiger partial charge in [0.25, 0.3) is 0 Å². The van der Waals surface area contributed by atoms with E-state index in [1.54, 1.807) is 0 Å². The lowest BCUT2D eigenvalue weighted by Crippen LogP contribution is -2.45. The van der Waals surface area contributed by atoms with E-state index in [-0.39, 0.29) is 5.54 Å². The van der Waals surface area contributed by atoms with Crippen LogP contribution in [0.15, 0.2) is 0 Å². The molecule has 20 heavy (non-hydrogen) atoms. The van der Waals surface area contributed by atoms with Crippen molar-refractivity contribution in [2.24, 2.45) is 0 Å². The van der Waals surface area contributed by atoms with E-state index in [9.17, 15) is 5.26 Å². The molecular formula is C16H31N3O. The third-order valence-electron chi connectivity index (χ3n) is 3.93. The molecule has 0 spiro atoms. The van der Waals surface area contributed by atoms with Gasteiger partial charge < -0.3 is 4.74 Å². The molecule has 2 unspecified atom stereocenters. The Balaban J connectivity index is 2.22. The minimum Gasteiger partial charge on any atom is -0.376 e. The van der Waals surface area contributed by atoms with Crippen LogP contribution in [0.5, 0.6) is 0 Å². The van der Waals surface area contributed by atoms with Gasteiger partial charge in [0.2, 0.25) is 0 Å². The van der Waals surface area contributed by atoms with Gasteiger partial charge in [-0.3, -0.25) is 10.2 Å². The lowest BCUT2D eigenvalue weighted by atomic mass is 9.95. The minimum atomic E-state index is -0.384. The average molecular weight is 281 g/mol. The predicted octanol–water partition coefficient (Wildman–Crippen LogP) is 2.55. The molecule has 0 aromatic heterocycles. The molecule has 1 aliphatic rings. The Hall–Kier alpha value is -0.630. The van der Waals surface area contributed by atoms with Crippen LogP contribution in [0.25, 0.3) is 0 Å². The van der Waals surface area contributed by atoms with Gasteiger partial charge in [0.1, 0.15) is 5.54 Å². The maximum absolute atomic E-state index is 9.31. The van der Waals surface area contributed by atoms with E-state index in [0.29, 0.717) is 12.1 Å². The van der Waals surface area contributed by atoms with Crippen LogP contribution < -0.4 is 5.32 Å². The first-order valence-electron chi connectivity index (χ1n) is 8.02. The number of morpholine rings is 1. The number of hydrogen-bond donors (Lipinski definition) is 1. The molecule has 1 rings (SSSR count). The molecule has 1 N–H and O–H groups in total. The first-order chi connectivity index (χ1) is 9.49. The van der Waals surface area contributed by atoms with E-state index in [1.807, 2.05) is 6.92 Å². The highest BCUT2D eigenvalue weighted by molar-refractivity contribution is 5.04. The summed E-state index contributed by atoms with van der Waals surface area (Å²) in [6.45, 7) is 12.5. The average Bonchev–Trinajstić information content (AvgIpc) is 2.43. The Morgan fingerprint density at radius 3 is 2.80 bits per heavy atom. The van der Waals surface area contributed by atoms with Gasteiger partial charge in [-0.2, -0.15) is 5.26 Å². The fraction of sp³-hybridized carbons (Fsp3) is 0.938. The molecule has 2 atom stereocenters. The van der Waals surface area contributed by atoms with Crippen LogP contribution in [0.3, 0.4) is 0 Å². The first-order valence-corrected chi connectivity index (χ1v) is 8.02. The molecule has 0 aliphatic carbocycles. The zero-order valence-electron chi connectivity index (χ0n) is 13.6. The lowest BCUT2D eigenvalue weighted by Gasteiger charge is -2.32. The fourth-order valence-electron chi connectivity index (χ4n) is 2.84. The Morgan fingerprint density at radius 2 is 2.20 bits per heavy atom. The summed E-state index contributed by atoms with van der Waals surface area (Å²) in [5, 5.41) is 12.7. The smallest absolute Gasteiger partial charge is 0.104 e. The topological polar surface area (TPSA) is 48.3 Å². The second kappa shape index (κ2) is 8.61. The number of rotatable bonds is 8. The molecule has 1 fully saturated rings. The Bertz CT molecular complexity index is 313. The quantitative estimate of drug-likeness (QED) is 0.695. The molecule has 0 radical (unpaired) electrons. The van der Waals surface area contributed by atoms with Crippen LogP contribution >= 0.6 is 0 Å². The summed E-state index contributed by atoms with van der Waals surface area (Å²) < 4.78 is 5.68. The van der Waals surface area contributed by atoms with Gasteiger partial charge in [-0.1, -0.05) is 6.92 Å². The van der Waals surface area contributed by atoms with Crippen LogP contribution in [0, 0.1) is 11.3 Å². The third-order valence-corrected chi connectivity index (χ3v) is 3.93. The molecule has 0 bridgehead atoms. The summed E-state index contributed by atoms with van der Waals surface area (Å²) in [6, 6.07) is 2.77. The molecule has 1 heterocycles. The number of hydrogen-bond acceptors (Lipinski definition) is 4. The van der Waals surface area contributed by atoms with E-state index < -0.39 is 0 Å². The monoisotopic (exact) mass is 281 g/mol. The van der Waals surface area contributed by atoms with Crippen molar-refractivity contribution in [2.75, 3.05) is 26.2 Å². The Morgan fingerprint density at radius 1 is 1.45 bits per heavy atom. The first kappa shape index (κ1) is 17.4. The second-order valence-corrected chi connectivity index (χ2v) is 6.40. The van der Waals surface area contributed by atoms with Gasteiger partial charge in [0.15, 0.2) is 0 Å². The molecule has 0 saturated carbocycles. The fourth-order valence-corrected chi connectivity index (χ4v) is 2.84. The summed E-state index contributed by atoms with van der Waals surface area (Å²) in [4.78, 5) is 2.50. The van der Waals surface area contributed by atoms with Crippen molar-refractivity contribution < 1.29 is 4.74 Å². The Labute approximate surface area is 124 Å². The maximum Gasteiger partial charge on any atom is 0.104 e. The molecule has 1 aliphatic heterocycles. The van der Waals surface area contributed by atoms with Crippen LogP contribution in [0.4, 0.5) is 0 Å². The van der Waals surface area contributed by atoms with Gasteiger partial charge in [-0.15, -0.1) is 0 Å². The molecule has 0 amide bonds. The van der Waals surface area contributed by atoms with Gasteiger partial charge in [-0.05, 0) is 53.0 Å². The van der Waals surface area contributed by atoms with Gasteiger partial charge in [0, 0.05) is 19.1 Å². The third kappa shape index (κ3) is 6.21. The number of nitrogens with zero attached hydrogens (tertiary/aromatic N) is 2. The molecule has 0 aromatic carbocycles. The second-order valence-electron chi connectivity index (χ2n) is 6.40. The van der Waals surface area contributed by atoms with E-state index in [2.05, 4.69) is 37.1 Å². The van der Waals surface area contributed by atoms with Crippen molar-refractivity contribution in [2.45, 2.75) is 71.1 Å². The van der Waals surface area contributed by atoms with Crippen molar-refractivity contribution in [1.82, 2.24) is 10.2 Å². The van der Waals surface area contributed by atoms with E-state index in [0.717, 1.165) is 51.9 Å².